The lowest BCUT2D eigenvalue weighted by Gasteiger charge is -2.18. The average molecular weight is 249 g/mol. The Balaban J connectivity index is 2.46. The van der Waals surface area contributed by atoms with Gasteiger partial charge in [-0.05, 0) is 28.9 Å². The molecule has 0 aliphatic carbocycles. The molecule has 0 radical (unpaired) electrons. The van der Waals surface area contributed by atoms with Crippen molar-refractivity contribution in [3.05, 3.63) is 29.6 Å². The van der Waals surface area contributed by atoms with Gasteiger partial charge in [-0.15, -0.1) is 0 Å². The SMILES string of the molecule is CC(C)(C)COCc1ccc(CC(C)(C)C)nc1. The molecule has 0 aromatic carbocycles. The highest BCUT2D eigenvalue weighted by atomic mass is 16.5. The van der Waals surface area contributed by atoms with E-state index < -0.39 is 0 Å². The Morgan fingerprint density at radius 2 is 1.67 bits per heavy atom. The molecule has 1 aromatic rings. The van der Waals surface area contributed by atoms with Crippen molar-refractivity contribution in [2.75, 3.05) is 6.61 Å². The number of pyridine rings is 1. The summed E-state index contributed by atoms with van der Waals surface area (Å²) in [6, 6.07) is 4.23. The number of hydrogen-bond acceptors (Lipinski definition) is 2. The van der Waals surface area contributed by atoms with Crippen LogP contribution in [0.5, 0.6) is 0 Å². The fourth-order valence-electron chi connectivity index (χ4n) is 1.66. The highest BCUT2D eigenvalue weighted by Gasteiger charge is 2.12. The maximum Gasteiger partial charge on any atom is 0.0732 e. The average Bonchev–Trinajstić information content (AvgIpc) is 2.16. The van der Waals surface area contributed by atoms with Crippen LogP contribution in [0.15, 0.2) is 18.3 Å². The van der Waals surface area contributed by atoms with Gasteiger partial charge in [0.1, 0.15) is 0 Å². The molecule has 1 aromatic heterocycles. The number of nitrogens with zero attached hydrogens (tertiary/aromatic N) is 1. The van der Waals surface area contributed by atoms with Gasteiger partial charge >= 0.3 is 0 Å². The molecule has 0 aliphatic heterocycles. The molecule has 18 heavy (non-hydrogen) atoms. The zero-order chi connectivity index (χ0) is 13.8. The Bertz CT molecular complexity index is 354. The van der Waals surface area contributed by atoms with E-state index in [9.17, 15) is 0 Å². The summed E-state index contributed by atoms with van der Waals surface area (Å²) < 4.78 is 5.68. The van der Waals surface area contributed by atoms with Crippen LogP contribution in [0.4, 0.5) is 0 Å². The first kappa shape index (κ1) is 15.2. The molecule has 0 saturated heterocycles. The van der Waals surface area contributed by atoms with Crippen LogP contribution in [0.3, 0.4) is 0 Å². The second-order valence-electron chi connectivity index (χ2n) is 7.45. The summed E-state index contributed by atoms with van der Waals surface area (Å²) in [6.07, 6.45) is 2.94. The number of ether oxygens (including phenoxy) is 1. The van der Waals surface area contributed by atoms with E-state index in [1.54, 1.807) is 0 Å². The van der Waals surface area contributed by atoms with Crippen molar-refractivity contribution in [3.8, 4) is 0 Å². The first-order valence-corrected chi connectivity index (χ1v) is 6.67. The normalized spacial score (nSPS) is 12.8. The summed E-state index contributed by atoms with van der Waals surface area (Å²) in [5.74, 6) is 0. The van der Waals surface area contributed by atoms with Gasteiger partial charge < -0.3 is 4.74 Å². The highest BCUT2D eigenvalue weighted by molar-refractivity contribution is 5.14. The second kappa shape index (κ2) is 5.83. The third kappa shape index (κ3) is 6.75. The molecule has 1 rings (SSSR count). The van der Waals surface area contributed by atoms with Gasteiger partial charge in [0.05, 0.1) is 13.2 Å². The van der Waals surface area contributed by atoms with Gasteiger partial charge in [0, 0.05) is 11.9 Å². The van der Waals surface area contributed by atoms with E-state index in [0.29, 0.717) is 6.61 Å². The highest BCUT2D eigenvalue weighted by Crippen LogP contribution is 2.19. The summed E-state index contributed by atoms with van der Waals surface area (Å²) in [5.41, 5.74) is 2.82. The molecule has 102 valence electrons. The molecule has 0 fully saturated rings. The van der Waals surface area contributed by atoms with Crippen molar-refractivity contribution in [1.29, 1.82) is 0 Å². The number of aromatic nitrogens is 1. The first-order chi connectivity index (χ1) is 8.16. The smallest absolute Gasteiger partial charge is 0.0732 e. The van der Waals surface area contributed by atoms with E-state index in [4.69, 9.17) is 4.74 Å². The predicted octanol–water partition coefficient (Wildman–Crippen LogP) is 4.23. The van der Waals surface area contributed by atoms with Crippen molar-refractivity contribution >= 4 is 0 Å². The zero-order valence-electron chi connectivity index (χ0n) is 12.7. The van der Waals surface area contributed by atoms with Gasteiger partial charge in [-0.1, -0.05) is 47.6 Å². The van der Waals surface area contributed by atoms with Crippen LogP contribution in [0.1, 0.15) is 52.8 Å². The summed E-state index contributed by atoms with van der Waals surface area (Å²) >= 11 is 0. The molecule has 0 amide bonds. The molecule has 0 bridgehead atoms. The minimum atomic E-state index is 0.222. The third-order valence-electron chi connectivity index (χ3n) is 2.40. The van der Waals surface area contributed by atoms with Gasteiger partial charge in [-0.3, -0.25) is 4.98 Å². The zero-order valence-corrected chi connectivity index (χ0v) is 12.7. The number of rotatable bonds is 4. The van der Waals surface area contributed by atoms with Gasteiger partial charge in [-0.2, -0.15) is 0 Å². The topological polar surface area (TPSA) is 22.1 Å². The summed E-state index contributed by atoms with van der Waals surface area (Å²) in [7, 11) is 0. The van der Waals surface area contributed by atoms with Gasteiger partial charge in [-0.25, -0.2) is 0 Å². The summed E-state index contributed by atoms with van der Waals surface area (Å²) in [4.78, 5) is 4.50. The quantitative estimate of drug-likeness (QED) is 0.796. The van der Waals surface area contributed by atoms with E-state index in [0.717, 1.165) is 24.3 Å². The number of hydrogen-bond donors (Lipinski definition) is 0. The molecular formula is C16H27NO. The lowest BCUT2D eigenvalue weighted by molar-refractivity contribution is 0.0597. The molecule has 0 unspecified atom stereocenters. The van der Waals surface area contributed by atoms with Crippen molar-refractivity contribution in [1.82, 2.24) is 4.98 Å². The van der Waals surface area contributed by atoms with Crippen molar-refractivity contribution in [2.24, 2.45) is 10.8 Å². The Labute approximate surface area is 112 Å². The van der Waals surface area contributed by atoms with Crippen LogP contribution in [-0.4, -0.2) is 11.6 Å². The third-order valence-corrected chi connectivity index (χ3v) is 2.40. The maximum absolute atomic E-state index is 5.68. The van der Waals surface area contributed by atoms with Crippen LogP contribution < -0.4 is 0 Å². The summed E-state index contributed by atoms with van der Waals surface area (Å²) in [6.45, 7) is 14.7. The molecule has 0 saturated carbocycles. The Kier molecular flexibility index (Phi) is 4.92. The van der Waals surface area contributed by atoms with E-state index >= 15 is 0 Å². The van der Waals surface area contributed by atoms with E-state index in [2.05, 4.69) is 58.7 Å². The molecule has 0 atom stereocenters. The Morgan fingerprint density at radius 1 is 1.00 bits per heavy atom. The van der Waals surface area contributed by atoms with Crippen molar-refractivity contribution < 1.29 is 4.74 Å². The molecule has 0 spiro atoms. The van der Waals surface area contributed by atoms with Gasteiger partial charge in [0.25, 0.3) is 0 Å². The van der Waals surface area contributed by atoms with Crippen LogP contribution >= 0.6 is 0 Å². The largest absolute Gasteiger partial charge is 0.376 e. The monoisotopic (exact) mass is 249 g/mol. The lowest BCUT2D eigenvalue weighted by Crippen LogP contribution is -2.14. The van der Waals surface area contributed by atoms with Crippen LogP contribution in [0, 0.1) is 10.8 Å². The van der Waals surface area contributed by atoms with E-state index in [-0.39, 0.29) is 10.8 Å². The van der Waals surface area contributed by atoms with Crippen molar-refractivity contribution in [3.63, 3.8) is 0 Å². The standard InChI is InChI=1S/C16H27NO/c1-15(2,3)9-14-8-7-13(10-17-14)11-18-12-16(4,5)6/h7-8,10H,9,11-12H2,1-6H3. The lowest BCUT2D eigenvalue weighted by atomic mass is 9.90. The molecule has 2 heteroatoms. The van der Waals surface area contributed by atoms with Crippen LogP contribution in [-0.2, 0) is 17.8 Å². The van der Waals surface area contributed by atoms with Crippen LogP contribution in [0.2, 0.25) is 0 Å². The molecule has 0 aliphatic rings. The fraction of sp³-hybridized carbons (Fsp3) is 0.688. The molecule has 2 nitrogen and oxygen atoms in total. The molecular weight excluding hydrogens is 222 g/mol. The predicted molar refractivity (Wildman–Crippen MR) is 76.5 cm³/mol. The van der Waals surface area contributed by atoms with Gasteiger partial charge in [0.15, 0.2) is 0 Å². The van der Waals surface area contributed by atoms with Crippen LogP contribution in [0.25, 0.3) is 0 Å². The minimum Gasteiger partial charge on any atom is -0.376 e. The Morgan fingerprint density at radius 3 is 2.11 bits per heavy atom. The van der Waals surface area contributed by atoms with Gasteiger partial charge in [0.2, 0.25) is 0 Å². The fourth-order valence-corrected chi connectivity index (χ4v) is 1.66. The maximum atomic E-state index is 5.68. The first-order valence-electron chi connectivity index (χ1n) is 6.67. The molecule has 0 N–H and O–H groups in total. The van der Waals surface area contributed by atoms with E-state index in [1.807, 2.05) is 6.20 Å². The summed E-state index contributed by atoms with van der Waals surface area (Å²) in [5, 5.41) is 0. The molecule has 1 heterocycles. The van der Waals surface area contributed by atoms with Crippen molar-refractivity contribution in [2.45, 2.75) is 54.6 Å². The minimum absolute atomic E-state index is 0.222. The second-order valence-corrected chi connectivity index (χ2v) is 7.45. The van der Waals surface area contributed by atoms with E-state index in [1.165, 1.54) is 0 Å². The Hall–Kier alpha value is -0.890.